The van der Waals surface area contributed by atoms with Crippen LogP contribution in [0.5, 0.6) is 0 Å². The van der Waals surface area contributed by atoms with Gasteiger partial charge in [-0.3, -0.25) is 9.36 Å². The Labute approximate surface area is 159 Å². The van der Waals surface area contributed by atoms with Crippen molar-refractivity contribution in [1.82, 2.24) is 14.8 Å². The van der Waals surface area contributed by atoms with Crippen LogP contribution in [-0.2, 0) is 6.54 Å². The van der Waals surface area contributed by atoms with Crippen molar-refractivity contribution in [2.24, 2.45) is 0 Å². The van der Waals surface area contributed by atoms with Crippen LogP contribution in [0.4, 0.5) is 4.39 Å². The summed E-state index contributed by atoms with van der Waals surface area (Å²) < 4.78 is 15.1. The van der Waals surface area contributed by atoms with Crippen molar-refractivity contribution in [2.75, 3.05) is 5.75 Å². The summed E-state index contributed by atoms with van der Waals surface area (Å²) in [7, 11) is 0. The third kappa shape index (κ3) is 4.20. The molecule has 1 aromatic heterocycles. The molecule has 0 fully saturated rings. The zero-order chi connectivity index (χ0) is 18.5. The molecule has 1 heterocycles. The van der Waals surface area contributed by atoms with Gasteiger partial charge in [0.2, 0.25) is 0 Å². The van der Waals surface area contributed by atoms with E-state index >= 15 is 0 Å². The van der Waals surface area contributed by atoms with Crippen LogP contribution in [-0.4, -0.2) is 26.3 Å². The molecule has 0 aliphatic carbocycles. The lowest BCUT2D eigenvalue weighted by atomic mass is 10.1. The number of hydrogen-bond acceptors (Lipinski definition) is 4. The number of halogens is 2. The highest BCUT2D eigenvalue weighted by molar-refractivity contribution is 7.99. The number of benzene rings is 2. The SMILES string of the molecule is C=CCn1c(SCC(=O)c2cccc(F)c2)nnc1-c1ccc(Cl)cc1. The standard InChI is InChI=1S/C19H15ClFN3OS/c1-2-10-24-18(13-6-8-15(20)9-7-13)22-23-19(24)26-12-17(25)14-4-3-5-16(21)11-14/h2-9,11H,1,10,12H2. The van der Waals surface area contributed by atoms with E-state index in [4.69, 9.17) is 11.6 Å². The number of Topliss-reactive ketones (excluding diaryl/α,β-unsaturated/α-hetero) is 1. The van der Waals surface area contributed by atoms with Crippen molar-refractivity contribution in [3.8, 4) is 11.4 Å². The van der Waals surface area contributed by atoms with Crippen LogP contribution in [0.1, 0.15) is 10.4 Å². The monoisotopic (exact) mass is 387 g/mol. The molecule has 4 nitrogen and oxygen atoms in total. The fourth-order valence-electron chi connectivity index (χ4n) is 2.38. The van der Waals surface area contributed by atoms with Crippen LogP contribution in [0.15, 0.2) is 66.3 Å². The lowest BCUT2D eigenvalue weighted by Gasteiger charge is -2.07. The highest BCUT2D eigenvalue weighted by Gasteiger charge is 2.15. The number of nitrogens with zero attached hydrogens (tertiary/aromatic N) is 3. The second kappa shape index (κ2) is 8.29. The molecule has 0 atom stereocenters. The van der Waals surface area contributed by atoms with Crippen LogP contribution in [0, 0.1) is 5.82 Å². The normalized spacial score (nSPS) is 10.7. The van der Waals surface area contributed by atoms with Gasteiger partial charge in [-0.05, 0) is 36.4 Å². The Morgan fingerprint density at radius 2 is 2.00 bits per heavy atom. The minimum atomic E-state index is -0.430. The molecule has 3 aromatic rings. The van der Waals surface area contributed by atoms with E-state index < -0.39 is 5.82 Å². The van der Waals surface area contributed by atoms with E-state index in [1.54, 1.807) is 24.3 Å². The summed E-state index contributed by atoms with van der Waals surface area (Å²) in [5, 5.41) is 9.65. The van der Waals surface area contributed by atoms with Gasteiger partial charge in [0.25, 0.3) is 0 Å². The molecule has 0 bridgehead atoms. The average Bonchev–Trinajstić information content (AvgIpc) is 3.03. The van der Waals surface area contributed by atoms with Crippen molar-refractivity contribution in [2.45, 2.75) is 11.7 Å². The number of rotatable bonds is 7. The maximum atomic E-state index is 13.3. The van der Waals surface area contributed by atoms with E-state index in [0.717, 1.165) is 5.56 Å². The molecule has 3 rings (SSSR count). The zero-order valence-electron chi connectivity index (χ0n) is 13.7. The molecule has 0 aliphatic rings. The van der Waals surface area contributed by atoms with Gasteiger partial charge in [-0.25, -0.2) is 4.39 Å². The topological polar surface area (TPSA) is 47.8 Å². The second-order valence-corrected chi connectivity index (χ2v) is 6.81. The number of aromatic nitrogens is 3. The molecule has 0 spiro atoms. The van der Waals surface area contributed by atoms with Gasteiger partial charge < -0.3 is 0 Å². The largest absolute Gasteiger partial charge is 0.298 e. The minimum Gasteiger partial charge on any atom is -0.298 e. The number of carbonyl (C=O) groups is 1. The quantitative estimate of drug-likeness (QED) is 0.328. The van der Waals surface area contributed by atoms with Crippen LogP contribution in [0.2, 0.25) is 5.02 Å². The molecule has 0 radical (unpaired) electrons. The number of allylic oxidation sites excluding steroid dienone is 1. The predicted molar refractivity (Wildman–Crippen MR) is 102 cm³/mol. The smallest absolute Gasteiger partial charge is 0.192 e. The Morgan fingerprint density at radius 3 is 2.69 bits per heavy atom. The minimum absolute atomic E-state index is 0.138. The Bertz CT molecular complexity index is 940. The van der Waals surface area contributed by atoms with E-state index in [2.05, 4.69) is 16.8 Å². The van der Waals surface area contributed by atoms with Crippen molar-refractivity contribution < 1.29 is 9.18 Å². The molecule has 132 valence electrons. The van der Waals surface area contributed by atoms with E-state index in [9.17, 15) is 9.18 Å². The molecule has 0 saturated heterocycles. The molecule has 0 N–H and O–H groups in total. The first-order valence-electron chi connectivity index (χ1n) is 7.80. The van der Waals surface area contributed by atoms with E-state index in [0.29, 0.717) is 28.1 Å². The third-order valence-corrected chi connectivity index (χ3v) is 4.83. The highest BCUT2D eigenvalue weighted by Crippen LogP contribution is 2.25. The van der Waals surface area contributed by atoms with Crippen LogP contribution >= 0.6 is 23.4 Å². The molecule has 0 unspecified atom stereocenters. The Hall–Kier alpha value is -2.44. The molecule has 0 amide bonds. The second-order valence-electron chi connectivity index (χ2n) is 5.43. The summed E-state index contributed by atoms with van der Waals surface area (Å²) in [5.41, 5.74) is 1.21. The summed E-state index contributed by atoms with van der Waals surface area (Å²) in [6.45, 7) is 4.26. The summed E-state index contributed by atoms with van der Waals surface area (Å²) in [6, 6.07) is 12.9. The van der Waals surface area contributed by atoms with E-state index in [-0.39, 0.29) is 11.5 Å². The van der Waals surface area contributed by atoms with Crippen molar-refractivity contribution in [3.63, 3.8) is 0 Å². The first kappa shape index (κ1) is 18.4. The highest BCUT2D eigenvalue weighted by atomic mass is 35.5. The molecular weight excluding hydrogens is 373 g/mol. The third-order valence-electron chi connectivity index (χ3n) is 3.61. The summed E-state index contributed by atoms with van der Waals surface area (Å²) in [5.74, 6) is 0.206. The number of carbonyl (C=O) groups excluding carboxylic acids is 1. The van der Waals surface area contributed by atoms with Crippen molar-refractivity contribution in [1.29, 1.82) is 0 Å². The lowest BCUT2D eigenvalue weighted by molar-refractivity contribution is 0.102. The van der Waals surface area contributed by atoms with Crippen molar-refractivity contribution >= 4 is 29.1 Å². The zero-order valence-corrected chi connectivity index (χ0v) is 15.3. The maximum Gasteiger partial charge on any atom is 0.192 e. The van der Waals surface area contributed by atoms with Crippen LogP contribution in [0.3, 0.4) is 0 Å². The summed E-state index contributed by atoms with van der Waals surface area (Å²) >= 11 is 7.19. The molecule has 7 heteroatoms. The first-order chi connectivity index (χ1) is 12.6. The Balaban J connectivity index is 1.80. The van der Waals surface area contributed by atoms with Crippen molar-refractivity contribution in [3.05, 3.63) is 77.6 Å². The predicted octanol–water partition coefficient (Wildman–Crippen LogP) is 4.90. The molecular formula is C19H15ClFN3OS. The fraction of sp³-hybridized carbons (Fsp3) is 0.105. The van der Waals surface area contributed by atoms with Gasteiger partial charge in [0.15, 0.2) is 16.8 Å². The molecule has 0 aliphatic heterocycles. The van der Waals surface area contributed by atoms with E-state index in [1.165, 1.54) is 30.0 Å². The average molecular weight is 388 g/mol. The van der Waals surface area contributed by atoms with Gasteiger partial charge in [0, 0.05) is 22.7 Å². The molecule has 26 heavy (non-hydrogen) atoms. The summed E-state index contributed by atoms with van der Waals surface area (Å²) in [6.07, 6.45) is 1.74. The Morgan fingerprint density at radius 1 is 1.23 bits per heavy atom. The van der Waals surface area contributed by atoms with Gasteiger partial charge in [-0.1, -0.05) is 41.6 Å². The van der Waals surface area contributed by atoms with Gasteiger partial charge in [-0.2, -0.15) is 0 Å². The Kier molecular flexibility index (Phi) is 5.85. The van der Waals surface area contributed by atoms with Gasteiger partial charge in [-0.15, -0.1) is 16.8 Å². The van der Waals surface area contributed by atoms with Gasteiger partial charge in [0.1, 0.15) is 5.82 Å². The van der Waals surface area contributed by atoms with Gasteiger partial charge >= 0.3 is 0 Å². The summed E-state index contributed by atoms with van der Waals surface area (Å²) in [4.78, 5) is 12.3. The number of ketones is 1. The maximum absolute atomic E-state index is 13.3. The number of thioether (sulfide) groups is 1. The van der Waals surface area contributed by atoms with E-state index in [1.807, 2.05) is 16.7 Å². The van der Waals surface area contributed by atoms with Crippen LogP contribution < -0.4 is 0 Å². The van der Waals surface area contributed by atoms with Crippen LogP contribution in [0.25, 0.3) is 11.4 Å². The molecule has 0 saturated carbocycles. The molecule has 2 aromatic carbocycles. The first-order valence-corrected chi connectivity index (χ1v) is 9.16. The fourth-order valence-corrected chi connectivity index (χ4v) is 3.35. The number of hydrogen-bond donors (Lipinski definition) is 0. The van der Waals surface area contributed by atoms with Gasteiger partial charge in [0.05, 0.1) is 5.75 Å². The lowest BCUT2D eigenvalue weighted by Crippen LogP contribution is -2.05.